The average Bonchev–Trinajstić information content (AvgIpc) is 3.08. The van der Waals surface area contributed by atoms with Crippen LogP contribution in [0.4, 0.5) is 4.39 Å². The van der Waals surface area contributed by atoms with E-state index in [1.165, 1.54) is 64.8 Å². The number of aliphatic hydroxyl groups is 1. The molecule has 1 aliphatic rings. The molecule has 1 heterocycles. The molecule has 8 nitrogen and oxygen atoms in total. The number of ketones is 1. The summed E-state index contributed by atoms with van der Waals surface area (Å²) in [7, 11) is -2.25. The second-order valence-electron chi connectivity index (χ2n) is 7.65. The number of likely N-dealkylation sites (tertiary alicyclic amines) is 1. The number of benzene rings is 2. The van der Waals surface area contributed by atoms with E-state index in [4.69, 9.17) is 4.74 Å². The van der Waals surface area contributed by atoms with Gasteiger partial charge in [-0.15, -0.1) is 0 Å². The smallest absolute Gasteiger partial charge is 0.295 e. The summed E-state index contributed by atoms with van der Waals surface area (Å²) in [5.41, 5.74) is 0.460. The van der Waals surface area contributed by atoms with E-state index in [0.717, 1.165) is 0 Å². The maximum absolute atomic E-state index is 13.5. The minimum atomic E-state index is -3.70. The topological polar surface area (TPSA) is 104 Å². The van der Waals surface area contributed by atoms with Crippen LogP contribution in [0.2, 0.25) is 0 Å². The summed E-state index contributed by atoms with van der Waals surface area (Å²) in [5.74, 6) is -2.63. The summed E-state index contributed by atoms with van der Waals surface area (Å²) in [6.45, 7) is 4.33. The predicted molar refractivity (Wildman–Crippen MR) is 124 cm³/mol. The zero-order valence-corrected chi connectivity index (χ0v) is 20.0. The molecule has 0 unspecified atom stereocenters. The van der Waals surface area contributed by atoms with E-state index >= 15 is 0 Å². The summed E-state index contributed by atoms with van der Waals surface area (Å²) in [4.78, 5) is 27.0. The molecule has 1 N–H and O–H groups in total. The molecule has 0 spiro atoms. The quantitative estimate of drug-likeness (QED) is 0.329. The first-order valence-corrected chi connectivity index (χ1v) is 12.2. The van der Waals surface area contributed by atoms with Crippen molar-refractivity contribution < 1.29 is 32.2 Å². The first kappa shape index (κ1) is 25.5. The van der Waals surface area contributed by atoms with E-state index in [1.807, 2.05) is 0 Å². The number of Topliss-reactive ketones (excluding diaryl/α,β-unsaturated/α-hetero) is 1. The third-order valence-electron chi connectivity index (χ3n) is 5.73. The van der Waals surface area contributed by atoms with Crippen LogP contribution < -0.4 is 0 Å². The van der Waals surface area contributed by atoms with E-state index in [2.05, 4.69) is 0 Å². The van der Waals surface area contributed by atoms with E-state index in [0.29, 0.717) is 18.7 Å². The lowest BCUT2D eigenvalue weighted by atomic mass is 9.95. The molecular weight excluding hydrogens is 463 g/mol. The molecule has 1 amide bonds. The molecule has 0 aromatic heterocycles. The molecule has 2 aromatic carbocycles. The maximum atomic E-state index is 13.5. The zero-order chi connectivity index (χ0) is 25.0. The molecule has 0 saturated carbocycles. The number of hydrogen-bond acceptors (Lipinski definition) is 6. The van der Waals surface area contributed by atoms with Crippen molar-refractivity contribution in [1.29, 1.82) is 0 Å². The number of amides is 1. The minimum Gasteiger partial charge on any atom is -0.507 e. The molecule has 0 bridgehead atoms. The van der Waals surface area contributed by atoms with Crippen LogP contribution in [-0.4, -0.2) is 67.8 Å². The molecule has 34 heavy (non-hydrogen) atoms. The zero-order valence-electron chi connectivity index (χ0n) is 19.2. The second-order valence-corrected chi connectivity index (χ2v) is 9.59. The molecule has 0 radical (unpaired) electrons. The monoisotopic (exact) mass is 490 g/mol. The van der Waals surface area contributed by atoms with Crippen molar-refractivity contribution in [1.82, 2.24) is 9.21 Å². The Bertz CT molecular complexity index is 1190. The molecule has 182 valence electrons. The highest BCUT2D eigenvalue weighted by molar-refractivity contribution is 7.89. The molecule has 3 rings (SSSR count). The summed E-state index contributed by atoms with van der Waals surface area (Å²) in [6.07, 6.45) is 0. The molecule has 1 saturated heterocycles. The van der Waals surface area contributed by atoms with Gasteiger partial charge in [-0.05, 0) is 42.0 Å². The fraction of sp³-hybridized carbons (Fsp3) is 0.333. The van der Waals surface area contributed by atoms with Gasteiger partial charge in [-0.3, -0.25) is 9.59 Å². The largest absolute Gasteiger partial charge is 0.507 e. The predicted octanol–water partition coefficient (Wildman–Crippen LogP) is 2.92. The fourth-order valence-corrected chi connectivity index (χ4v) is 5.40. The molecule has 10 heteroatoms. The summed E-state index contributed by atoms with van der Waals surface area (Å²) in [6, 6.07) is 9.81. The van der Waals surface area contributed by atoms with Crippen LogP contribution in [0.1, 0.15) is 31.0 Å². The Morgan fingerprint density at radius 1 is 1.06 bits per heavy atom. The van der Waals surface area contributed by atoms with E-state index in [1.54, 1.807) is 13.8 Å². The summed E-state index contributed by atoms with van der Waals surface area (Å²) >= 11 is 0. The van der Waals surface area contributed by atoms with E-state index < -0.39 is 39.3 Å². The number of hydrogen-bond donors (Lipinski definition) is 1. The molecule has 1 atom stereocenters. The lowest BCUT2D eigenvalue weighted by Crippen LogP contribution is -2.32. The van der Waals surface area contributed by atoms with Gasteiger partial charge in [-0.1, -0.05) is 26.0 Å². The van der Waals surface area contributed by atoms with Crippen LogP contribution in [0.15, 0.2) is 59.0 Å². The minimum absolute atomic E-state index is 0.0448. The Hall–Kier alpha value is -3.08. The van der Waals surface area contributed by atoms with Crippen LogP contribution in [0.3, 0.4) is 0 Å². The Morgan fingerprint density at radius 2 is 1.65 bits per heavy atom. The van der Waals surface area contributed by atoms with E-state index in [-0.39, 0.29) is 29.2 Å². The van der Waals surface area contributed by atoms with Crippen LogP contribution >= 0.6 is 0 Å². The van der Waals surface area contributed by atoms with Crippen molar-refractivity contribution in [3.8, 4) is 0 Å². The van der Waals surface area contributed by atoms with Crippen LogP contribution in [0, 0.1) is 5.82 Å². The maximum Gasteiger partial charge on any atom is 0.295 e. The SMILES string of the molecule is CCN(CC)S(=O)(=O)c1ccc(C(O)=C2C(=O)C(=O)N(CCOC)[C@H]2c2ccc(F)cc2)cc1. The molecule has 1 fully saturated rings. The molecular formula is C24H27FN2O6S. The Kier molecular flexibility index (Phi) is 7.86. The lowest BCUT2D eigenvalue weighted by Gasteiger charge is -2.25. The van der Waals surface area contributed by atoms with Gasteiger partial charge in [0.25, 0.3) is 11.7 Å². The number of carbonyl (C=O) groups is 2. The third kappa shape index (κ3) is 4.75. The van der Waals surface area contributed by atoms with Gasteiger partial charge < -0.3 is 14.7 Å². The first-order valence-electron chi connectivity index (χ1n) is 10.8. The number of aliphatic hydroxyl groups excluding tert-OH is 1. The van der Waals surface area contributed by atoms with Gasteiger partial charge in [-0.25, -0.2) is 12.8 Å². The van der Waals surface area contributed by atoms with Crippen molar-refractivity contribution in [2.75, 3.05) is 33.4 Å². The van der Waals surface area contributed by atoms with Crippen LogP contribution in [-0.2, 0) is 24.3 Å². The highest BCUT2D eigenvalue weighted by atomic mass is 32.2. The third-order valence-corrected chi connectivity index (χ3v) is 7.80. The molecule has 1 aliphatic heterocycles. The number of halogens is 1. The van der Waals surface area contributed by atoms with Gasteiger partial charge >= 0.3 is 0 Å². The Morgan fingerprint density at radius 3 is 2.18 bits per heavy atom. The average molecular weight is 491 g/mol. The fourth-order valence-electron chi connectivity index (χ4n) is 3.94. The van der Waals surface area contributed by atoms with Crippen molar-refractivity contribution in [3.63, 3.8) is 0 Å². The normalized spacial score (nSPS) is 18.1. The lowest BCUT2D eigenvalue weighted by molar-refractivity contribution is -0.140. The first-order chi connectivity index (χ1) is 16.2. The summed E-state index contributed by atoms with van der Waals surface area (Å²) in [5, 5.41) is 11.0. The molecule has 2 aromatic rings. The Labute approximate surface area is 198 Å². The van der Waals surface area contributed by atoms with Gasteiger partial charge in [-0.2, -0.15) is 4.31 Å². The Balaban J connectivity index is 2.09. The highest BCUT2D eigenvalue weighted by Gasteiger charge is 2.45. The van der Waals surface area contributed by atoms with Gasteiger partial charge in [0.2, 0.25) is 10.0 Å². The van der Waals surface area contributed by atoms with Crippen molar-refractivity contribution in [2.45, 2.75) is 24.8 Å². The second kappa shape index (κ2) is 10.5. The van der Waals surface area contributed by atoms with E-state index in [9.17, 15) is 27.5 Å². The number of ether oxygens (including phenoxy) is 1. The van der Waals surface area contributed by atoms with Crippen LogP contribution in [0.25, 0.3) is 5.76 Å². The summed E-state index contributed by atoms with van der Waals surface area (Å²) < 4.78 is 45.3. The van der Waals surface area contributed by atoms with Crippen molar-refractivity contribution in [2.24, 2.45) is 0 Å². The van der Waals surface area contributed by atoms with Crippen molar-refractivity contribution >= 4 is 27.5 Å². The van der Waals surface area contributed by atoms with Gasteiger partial charge in [0.1, 0.15) is 11.6 Å². The number of sulfonamides is 1. The van der Waals surface area contributed by atoms with Gasteiger partial charge in [0, 0.05) is 32.3 Å². The number of carbonyl (C=O) groups excluding carboxylic acids is 2. The van der Waals surface area contributed by atoms with Gasteiger partial charge in [0.15, 0.2) is 0 Å². The number of nitrogens with zero attached hydrogens (tertiary/aromatic N) is 2. The highest BCUT2D eigenvalue weighted by Crippen LogP contribution is 2.39. The number of rotatable bonds is 9. The number of methoxy groups -OCH3 is 1. The van der Waals surface area contributed by atoms with Crippen molar-refractivity contribution in [3.05, 3.63) is 71.0 Å². The molecule has 0 aliphatic carbocycles. The van der Waals surface area contributed by atoms with Crippen LogP contribution in [0.5, 0.6) is 0 Å². The standard InChI is InChI=1S/C24H27FN2O6S/c1-4-26(5-2)34(31,32)19-12-8-17(9-13-19)22(28)20-21(16-6-10-18(25)11-7-16)27(14-15-33-3)24(30)23(20)29/h6-13,21,28H,4-5,14-15H2,1-3H3/t21-/m0/s1. The van der Waals surface area contributed by atoms with Gasteiger partial charge in [0.05, 0.1) is 23.1 Å².